The zero-order chi connectivity index (χ0) is 9.84. The van der Waals surface area contributed by atoms with Crippen LogP contribution in [-0.2, 0) is 4.79 Å². The third-order valence-electron chi connectivity index (χ3n) is 2.32. The Kier molecular flexibility index (Phi) is 3.75. The lowest BCUT2D eigenvalue weighted by Gasteiger charge is -2.14. The van der Waals surface area contributed by atoms with E-state index in [9.17, 15) is 4.79 Å². The molecule has 0 spiro atoms. The first-order chi connectivity index (χ1) is 6.11. The normalized spacial score (nSPS) is 27.2. The van der Waals surface area contributed by atoms with E-state index in [4.69, 9.17) is 11.6 Å². The number of amides is 1. The zero-order valence-corrected chi connectivity index (χ0v) is 8.53. The molecule has 0 aliphatic carbocycles. The Morgan fingerprint density at radius 2 is 2.46 bits per heavy atom. The van der Waals surface area contributed by atoms with Crippen LogP contribution in [0.1, 0.15) is 13.3 Å². The molecule has 1 rings (SSSR count). The highest BCUT2D eigenvalue weighted by Gasteiger charge is 2.28. The zero-order valence-electron chi connectivity index (χ0n) is 7.77. The number of hydrogen-bond acceptors (Lipinski definition) is 2. The summed E-state index contributed by atoms with van der Waals surface area (Å²) in [5.41, 5.74) is 0. The molecule has 0 aromatic heterocycles. The maximum atomic E-state index is 11.5. The van der Waals surface area contributed by atoms with E-state index in [2.05, 4.69) is 17.2 Å². The molecule has 4 heteroatoms. The Bertz CT molecular complexity index is 218. The van der Waals surface area contributed by atoms with Crippen LogP contribution in [0.5, 0.6) is 0 Å². The van der Waals surface area contributed by atoms with Gasteiger partial charge in [0.05, 0.1) is 12.5 Å². The molecule has 0 bridgehead atoms. The van der Waals surface area contributed by atoms with Crippen molar-refractivity contribution in [2.45, 2.75) is 19.4 Å². The summed E-state index contributed by atoms with van der Waals surface area (Å²) in [4.78, 5) is 11.5. The van der Waals surface area contributed by atoms with Gasteiger partial charge in [-0.25, -0.2) is 0 Å². The molecule has 1 aliphatic heterocycles. The maximum Gasteiger partial charge on any atom is 0.225 e. The molecule has 1 fully saturated rings. The molecule has 1 aliphatic rings. The van der Waals surface area contributed by atoms with E-state index in [1.807, 2.05) is 6.92 Å². The predicted octanol–water partition coefficient (Wildman–Crippen LogP) is 0.853. The fourth-order valence-corrected chi connectivity index (χ4v) is 1.60. The molecule has 1 heterocycles. The van der Waals surface area contributed by atoms with Gasteiger partial charge in [-0.15, -0.1) is 0 Å². The molecule has 74 valence electrons. The van der Waals surface area contributed by atoms with Gasteiger partial charge in [0.2, 0.25) is 5.91 Å². The van der Waals surface area contributed by atoms with Gasteiger partial charge >= 0.3 is 0 Å². The van der Waals surface area contributed by atoms with Crippen LogP contribution in [0, 0.1) is 5.92 Å². The fourth-order valence-electron chi connectivity index (χ4n) is 1.53. The first-order valence-corrected chi connectivity index (χ1v) is 4.83. The van der Waals surface area contributed by atoms with Crippen LogP contribution in [0.25, 0.3) is 0 Å². The number of carbonyl (C=O) groups is 1. The minimum absolute atomic E-state index is 0.0688. The molecule has 0 aromatic carbocycles. The lowest BCUT2D eigenvalue weighted by Crippen LogP contribution is -2.37. The molecule has 0 radical (unpaired) electrons. The first-order valence-electron chi connectivity index (χ1n) is 4.45. The van der Waals surface area contributed by atoms with Crippen LogP contribution in [0.4, 0.5) is 0 Å². The van der Waals surface area contributed by atoms with E-state index < -0.39 is 0 Å². The topological polar surface area (TPSA) is 41.1 Å². The first kappa shape index (κ1) is 10.5. The average Bonchev–Trinajstić information content (AvgIpc) is 2.47. The predicted molar refractivity (Wildman–Crippen MR) is 53.6 cm³/mol. The number of halogens is 1. The molecule has 2 unspecified atom stereocenters. The highest BCUT2D eigenvalue weighted by atomic mass is 35.5. The molecule has 2 N–H and O–H groups in total. The van der Waals surface area contributed by atoms with Crippen molar-refractivity contribution in [3.8, 4) is 0 Å². The van der Waals surface area contributed by atoms with E-state index in [0.29, 0.717) is 11.6 Å². The van der Waals surface area contributed by atoms with E-state index in [1.165, 1.54) is 0 Å². The fraction of sp³-hybridized carbons (Fsp3) is 0.667. The largest absolute Gasteiger partial charge is 0.351 e. The van der Waals surface area contributed by atoms with Crippen molar-refractivity contribution in [3.05, 3.63) is 11.6 Å². The van der Waals surface area contributed by atoms with Crippen LogP contribution in [0.2, 0.25) is 0 Å². The minimum atomic E-state index is 0.0688. The maximum absolute atomic E-state index is 11.5. The summed E-state index contributed by atoms with van der Waals surface area (Å²) in [7, 11) is 0. The summed E-state index contributed by atoms with van der Waals surface area (Å²) in [5, 5.41) is 6.43. The third-order valence-corrected chi connectivity index (χ3v) is 2.45. The van der Waals surface area contributed by atoms with Crippen molar-refractivity contribution in [1.82, 2.24) is 10.6 Å². The average molecular weight is 203 g/mol. The molecule has 2 atom stereocenters. The van der Waals surface area contributed by atoms with Crippen LogP contribution in [0.15, 0.2) is 11.6 Å². The van der Waals surface area contributed by atoms with Crippen LogP contribution >= 0.6 is 11.6 Å². The van der Waals surface area contributed by atoms with Crippen molar-refractivity contribution in [3.63, 3.8) is 0 Å². The second kappa shape index (κ2) is 4.63. The Labute approximate surface area is 83.5 Å². The van der Waals surface area contributed by atoms with Crippen LogP contribution in [-0.4, -0.2) is 25.0 Å². The van der Waals surface area contributed by atoms with Gasteiger partial charge in [-0.1, -0.05) is 18.2 Å². The van der Waals surface area contributed by atoms with Gasteiger partial charge in [-0.3, -0.25) is 4.79 Å². The number of rotatable bonds is 3. The lowest BCUT2D eigenvalue weighted by molar-refractivity contribution is -0.124. The Morgan fingerprint density at radius 1 is 1.77 bits per heavy atom. The van der Waals surface area contributed by atoms with E-state index >= 15 is 0 Å². The second-order valence-corrected chi connectivity index (χ2v) is 3.91. The Balaban J connectivity index is 2.34. The molecule has 1 saturated heterocycles. The molecule has 0 saturated carbocycles. The Hall–Kier alpha value is -0.540. The summed E-state index contributed by atoms with van der Waals surface area (Å²) < 4.78 is 0. The van der Waals surface area contributed by atoms with Crippen LogP contribution < -0.4 is 10.6 Å². The summed E-state index contributed by atoms with van der Waals surface area (Å²) in [6, 6.07) is 0.267. The quantitative estimate of drug-likeness (QED) is 0.713. The molecule has 3 nitrogen and oxygen atoms in total. The van der Waals surface area contributed by atoms with Gasteiger partial charge in [0.1, 0.15) is 0 Å². The van der Waals surface area contributed by atoms with Crippen molar-refractivity contribution >= 4 is 17.5 Å². The highest BCUT2D eigenvalue weighted by molar-refractivity contribution is 6.29. The van der Waals surface area contributed by atoms with Gasteiger partial charge in [0, 0.05) is 11.1 Å². The van der Waals surface area contributed by atoms with Crippen molar-refractivity contribution < 1.29 is 4.79 Å². The van der Waals surface area contributed by atoms with E-state index in [0.717, 1.165) is 13.0 Å². The standard InChI is InChI=1S/C9H15ClN2O/c1-6(10)5-12-9(13)8-3-4-11-7(8)2/h7-8,11H,1,3-5H2,2H3,(H,12,13). The monoisotopic (exact) mass is 202 g/mol. The minimum Gasteiger partial charge on any atom is -0.351 e. The summed E-state index contributed by atoms with van der Waals surface area (Å²) in [6.07, 6.45) is 0.905. The Morgan fingerprint density at radius 3 is 2.92 bits per heavy atom. The summed E-state index contributed by atoms with van der Waals surface area (Å²) >= 11 is 5.54. The smallest absolute Gasteiger partial charge is 0.225 e. The second-order valence-electron chi connectivity index (χ2n) is 3.37. The van der Waals surface area contributed by atoms with E-state index in [-0.39, 0.29) is 17.9 Å². The molecule has 0 aromatic rings. The third kappa shape index (κ3) is 3.01. The van der Waals surface area contributed by atoms with E-state index in [1.54, 1.807) is 0 Å². The number of nitrogens with one attached hydrogen (secondary N) is 2. The molecular formula is C9H15ClN2O. The molecule has 1 amide bonds. The van der Waals surface area contributed by atoms with Gasteiger partial charge in [-0.2, -0.15) is 0 Å². The number of hydrogen-bond donors (Lipinski definition) is 2. The van der Waals surface area contributed by atoms with Gasteiger partial charge in [0.25, 0.3) is 0 Å². The van der Waals surface area contributed by atoms with Crippen molar-refractivity contribution in [1.29, 1.82) is 0 Å². The summed E-state index contributed by atoms with van der Waals surface area (Å²) in [6.45, 7) is 6.81. The van der Waals surface area contributed by atoms with Gasteiger partial charge in [-0.05, 0) is 19.9 Å². The van der Waals surface area contributed by atoms with Gasteiger partial charge < -0.3 is 10.6 Å². The van der Waals surface area contributed by atoms with Crippen molar-refractivity contribution in [2.24, 2.45) is 5.92 Å². The molecule has 13 heavy (non-hydrogen) atoms. The van der Waals surface area contributed by atoms with Gasteiger partial charge in [0.15, 0.2) is 0 Å². The van der Waals surface area contributed by atoms with Crippen molar-refractivity contribution in [2.75, 3.05) is 13.1 Å². The highest BCUT2D eigenvalue weighted by Crippen LogP contribution is 2.14. The lowest BCUT2D eigenvalue weighted by atomic mass is 10.0. The number of carbonyl (C=O) groups excluding carboxylic acids is 1. The van der Waals surface area contributed by atoms with Crippen LogP contribution in [0.3, 0.4) is 0 Å². The SMILES string of the molecule is C=C(Cl)CNC(=O)C1CCNC1C. The molecular weight excluding hydrogens is 188 g/mol. The summed E-state index contributed by atoms with van der Waals surface area (Å²) in [5.74, 6) is 0.148.